The first-order chi connectivity index (χ1) is 13.4. The third-order valence-corrected chi connectivity index (χ3v) is 4.39. The molecule has 2 heterocycles. The molecule has 0 saturated carbocycles. The number of carbonyl (C=O) groups excluding carboxylic acids is 2. The zero-order valence-electron chi connectivity index (χ0n) is 15.7. The van der Waals surface area contributed by atoms with E-state index in [4.69, 9.17) is 0 Å². The van der Waals surface area contributed by atoms with Gasteiger partial charge in [0.15, 0.2) is 11.2 Å². The quantitative estimate of drug-likeness (QED) is 0.649. The molecule has 2 N–H and O–H groups in total. The molecule has 146 valence electrons. The largest absolute Gasteiger partial charge is 0.338 e. The lowest BCUT2D eigenvalue weighted by Crippen LogP contribution is -2.44. The second-order valence-corrected chi connectivity index (χ2v) is 6.19. The fourth-order valence-electron chi connectivity index (χ4n) is 3.02. The lowest BCUT2D eigenvalue weighted by atomic mass is 10.1. The molecule has 0 fully saturated rings. The predicted molar refractivity (Wildman–Crippen MR) is 102 cm³/mol. The Bertz CT molecular complexity index is 1160. The predicted octanol–water partition coefficient (Wildman–Crippen LogP) is -0.131. The molecule has 10 nitrogen and oxygen atoms in total. The van der Waals surface area contributed by atoms with Crippen molar-refractivity contribution < 1.29 is 9.59 Å². The van der Waals surface area contributed by atoms with Crippen LogP contribution in [-0.2, 0) is 18.9 Å². The van der Waals surface area contributed by atoms with Gasteiger partial charge in [-0.15, -0.1) is 0 Å². The maximum atomic E-state index is 12.9. The topological polar surface area (TPSA) is 120 Å². The van der Waals surface area contributed by atoms with Gasteiger partial charge in [-0.1, -0.05) is 30.3 Å². The zero-order chi connectivity index (χ0) is 20.4. The molecular formula is C18H20N6O4. The maximum Gasteiger partial charge on any atom is 0.332 e. The minimum Gasteiger partial charge on any atom is -0.338 e. The van der Waals surface area contributed by atoms with Crippen LogP contribution in [-0.4, -0.2) is 37.2 Å². The molecule has 0 aliphatic heterocycles. The Balaban J connectivity index is 2.22. The molecular weight excluding hydrogens is 364 g/mol. The second-order valence-electron chi connectivity index (χ2n) is 6.19. The number of nitrogens with zero attached hydrogens (tertiary/aromatic N) is 4. The number of aryl methyl sites for hydroxylation is 1. The molecule has 3 amide bonds. The second kappa shape index (κ2) is 7.51. The molecule has 3 aromatic rings. The number of imidazole rings is 1. The van der Waals surface area contributed by atoms with Crippen molar-refractivity contribution in [2.24, 2.45) is 14.1 Å². The van der Waals surface area contributed by atoms with E-state index in [-0.39, 0.29) is 11.2 Å². The highest BCUT2D eigenvalue weighted by molar-refractivity contribution is 5.98. The van der Waals surface area contributed by atoms with Gasteiger partial charge in [-0.05, 0) is 12.5 Å². The van der Waals surface area contributed by atoms with E-state index in [9.17, 15) is 19.2 Å². The molecule has 28 heavy (non-hydrogen) atoms. The molecule has 0 bridgehead atoms. The zero-order valence-corrected chi connectivity index (χ0v) is 15.7. The number of hydrogen-bond acceptors (Lipinski definition) is 5. The highest BCUT2D eigenvalue weighted by Gasteiger charge is 2.28. The Labute approximate surface area is 159 Å². The SMILES string of the molecule is CCNC(=O)NC(=O)[C@@H](c1ccccc1)n1cnc2c1c(=O)n(C)c(=O)n2C. The van der Waals surface area contributed by atoms with E-state index in [1.807, 2.05) is 0 Å². The summed E-state index contributed by atoms with van der Waals surface area (Å²) >= 11 is 0. The van der Waals surface area contributed by atoms with Crippen LogP contribution in [0.5, 0.6) is 0 Å². The summed E-state index contributed by atoms with van der Waals surface area (Å²) in [6.07, 6.45) is 1.32. The maximum absolute atomic E-state index is 12.9. The molecule has 0 radical (unpaired) electrons. The summed E-state index contributed by atoms with van der Waals surface area (Å²) in [5.41, 5.74) is -0.308. The van der Waals surface area contributed by atoms with Gasteiger partial charge in [0.2, 0.25) is 0 Å². The fraction of sp³-hybridized carbons (Fsp3) is 0.278. The number of amides is 3. The van der Waals surface area contributed by atoms with Crippen molar-refractivity contribution in [2.75, 3.05) is 6.54 Å². The highest BCUT2D eigenvalue weighted by Crippen LogP contribution is 2.22. The van der Waals surface area contributed by atoms with Crippen LogP contribution in [0.15, 0.2) is 46.2 Å². The highest BCUT2D eigenvalue weighted by atomic mass is 16.2. The van der Waals surface area contributed by atoms with Gasteiger partial charge in [-0.3, -0.25) is 24.0 Å². The first kappa shape index (κ1) is 19.1. The first-order valence-corrected chi connectivity index (χ1v) is 8.63. The van der Waals surface area contributed by atoms with E-state index in [1.165, 1.54) is 29.6 Å². The molecule has 10 heteroatoms. The minimum atomic E-state index is -1.03. The van der Waals surface area contributed by atoms with Crippen LogP contribution in [0.1, 0.15) is 18.5 Å². The van der Waals surface area contributed by atoms with Crippen molar-refractivity contribution in [3.05, 3.63) is 63.1 Å². The van der Waals surface area contributed by atoms with E-state index < -0.39 is 29.2 Å². The van der Waals surface area contributed by atoms with Crippen molar-refractivity contribution >= 4 is 23.1 Å². The van der Waals surface area contributed by atoms with Gasteiger partial charge in [0.05, 0.1) is 6.33 Å². The number of benzene rings is 1. The van der Waals surface area contributed by atoms with E-state index in [0.29, 0.717) is 12.1 Å². The summed E-state index contributed by atoms with van der Waals surface area (Å²) in [6, 6.07) is 7.03. The lowest BCUT2D eigenvalue weighted by Gasteiger charge is -2.19. The van der Waals surface area contributed by atoms with Crippen LogP contribution in [0.2, 0.25) is 0 Å². The third kappa shape index (κ3) is 3.20. The van der Waals surface area contributed by atoms with Crippen LogP contribution in [0, 0.1) is 0 Å². The van der Waals surface area contributed by atoms with E-state index in [2.05, 4.69) is 15.6 Å². The number of rotatable bonds is 4. The molecule has 0 unspecified atom stereocenters. The van der Waals surface area contributed by atoms with Crippen LogP contribution >= 0.6 is 0 Å². The molecule has 3 rings (SSSR count). The molecule has 1 aromatic carbocycles. The average molecular weight is 384 g/mol. The van der Waals surface area contributed by atoms with Gasteiger partial charge in [0.25, 0.3) is 11.5 Å². The summed E-state index contributed by atoms with van der Waals surface area (Å²) in [5.74, 6) is -0.632. The van der Waals surface area contributed by atoms with Crippen molar-refractivity contribution in [3.63, 3.8) is 0 Å². The number of nitrogens with one attached hydrogen (secondary N) is 2. The molecule has 0 aliphatic carbocycles. The van der Waals surface area contributed by atoms with E-state index in [0.717, 1.165) is 4.57 Å². The molecule has 0 aliphatic rings. The Morgan fingerprint density at radius 2 is 1.79 bits per heavy atom. The van der Waals surface area contributed by atoms with Crippen LogP contribution in [0.4, 0.5) is 4.79 Å². The average Bonchev–Trinajstić information content (AvgIpc) is 3.10. The number of urea groups is 1. The van der Waals surface area contributed by atoms with Crippen molar-refractivity contribution in [2.45, 2.75) is 13.0 Å². The number of imide groups is 1. The van der Waals surface area contributed by atoms with Gasteiger partial charge in [0, 0.05) is 20.6 Å². The Morgan fingerprint density at radius 1 is 1.11 bits per heavy atom. The Morgan fingerprint density at radius 3 is 2.43 bits per heavy atom. The van der Waals surface area contributed by atoms with E-state index >= 15 is 0 Å². The van der Waals surface area contributed by atoms with Crippen LogP contribution < -0.4 is 21.9 Å². The minimum absolute atomic E-state index is 0.0875. The normalized spacial score (nSPS) is 12.0. The lowest BCUT2D eigenvalue weighted by molar-refractivity contribution is -0.122. The summed E-state index contributed by atoms with van der Waals surface area (Å²) in [4.78, 5) is 53.8. The Hall–Kier alpha value is -3.69. The Kier molecular flexibility index (Phi) is 5.12. The van der Waals surface area contributed by atoms with Crippen molar-refractivity contribution in [3.8, 4) is 0 Å². The summed E-state index contributed by atoms with van der Waals surface area (Å²) in [6.45, 7) is 2.08. The number of aromatic nitrogens is 4. The summed E-state index contributed by atoms with van der Waals surface area (Å²) in [7, 11) is 2.85. The summed E-state index contributed by atoms with van der Waals surface area (Å²) < 4.78 is 3.56. The van der Waals surface area contributed by atoms with Crippen LogP contribution in [0.3, 0.4) is 0 Å². The molecule has 0 spiro atoms. The van der Waals surface area contributed by atoms with Crippen molar-refractivity contribution in [1.82, 2.24) is 29.3 Å². The van der Waals surface area contributed by atoms with Gasteiger partial charge in [-0.25, -0.2) is 14.6 Å². The standard InChI is InChI=1S/C18H20N6O4/c1-4-19-17(27)21-15(25)12(11-8-6-5-7-9-11)24-10-20-14-13(24)16(26)23(3)18(28)22(14)2/h5-10,12H,4H2,1-3H3,(H2,19,21,25,27)/t12-/m1/s1. The fourth-order valence-corrected chi connectivity index (χ4v) is 3.02. The first-order valence-electron chi connectivity index (χ1n) is 8.63. The monoisotopic (exact) mass is 384 g/mol. The number of hydrogen-bond donors (Lipinski definition) is 2. The third-order valence-electron chi connectivity index (χ3n) is 4.39. The smallest absolute Gasteiger partial charge is 0.332 e. The van der Waals surface area contributed by atoms with Gasteiger partial charge in [-0.2, -0.15) is 0 Å². The number of carbonyl (C=O) groups is 2. The van der Waals surface area contributed by atoms with Crippen LogP contribution in [0.25, 0.3) is 11.2 Å². The summed E-state index contributed by atoms with van der Waals surface area (Å²) in [5, 5.41) is 4.77. The molecule has 1 atom stereocenters. The van der Waals surface area contributed by atoms with Crippen molar-refractivity contribution in [1.29, 1.82) is 0 Å². The molecule has 0 saturated heterocycles. The van der Waals surface area contributed by atoms with Gasteiger partial charge < -0.3 is 9.88 Å². The van der Waals surface area contributed by atoms with E-state index in [1.54, 1.807) is 37.3 Å². The molecule has 2 aromatic heterocycles. The van der Waals surface area contributed by atoms with Gasteiger partial charge >= 0.3 is 11.7 Å². The van der Waals surface area contributed by atoms with Gasteiger partial charge in [0.1, 0.15) is 6.04 Å². The number of fused-ring (bicyclic) bond motifs is 1.